The zero-order valence-electron chi connectivity index (χ0n) is 29.3. The summed E-state index contributed by atoms with van der Waals surface area (Å²) in [5.41, 5.74) is 3.79. The first-order valence-corrected chi connectivity index (χ1v) is 17.7. The van der Waals surface area contributed by atoms with Crippen molar-refractivity contribution in [2.75, 3.05) is 11.4 Å². The third-order valence-corrected chi connectivity index (χ3v) is 8.68. The number of unbranched alkanes of at least 4 members (excludes halogenated alkanes) is 2. The van der Waals surface area contributed by atoms with Crippen LogP contribution in [-0.4, -0.2) is 44.9 Å². The van der Waals surface area contributed by atoms with Crippen molar-refractivity contribution in [2.45, 2.75) is 117 Å². The van der Waals surface area contributed by atoms with Gasteiger partial charge in [0.15, 0.2) is 5.65 Å². The van der Waals surface area contributed by atoms with Crippen LogP contribution in [0.5, 0.6) is 5.75 Å². The highest BCUT2D eigenvalue weighted by atomic mass is 16.7. The molecule has 5 rings (SSSR count). The average Bonchev–Trinajstić information content (AvgIpc) is 3.40. The van der Waals surface area contributed by atoms with Gasteiger partial charge in [-0.05, 0) is 75.8 Å². The van der Waals surface area contributed by atoms with Gasteiger partial charge in [0.05, 0.1) is 6.54 Å². The first-order chi connectivity index (χ1) is 23.1. The molecule has 256 valence electrons. The summed E-state index contributed by atoms with van der Waals surface area (Å²) in [7, 11) is 0. The molecule has 0 atom stereocenters. The lowest BCUT2D eigenvalue weighted by Crippen LogP contribution is -2.46. The molecule has 1 fully saturated rings. The van der Waals surface area contributed by atoms with Gasteiger partial charge in [-0.2, -0.15) is 0 Å². The molecule has 0 spiro atoms. The Balaban J connectivity index is 1.42. The maximum absolute atomic E-state index is 13.6. The van der Waals surface area contributed by atoms with E-state index in [-0.39, 0.29) is 12.1 Å². The second-order valence-corrected chi connectivity index (χ2v) is 13.8. The van der Waals surface area contributed by atoms with Gasteiger partial charge in [0, 0.05) is 24.6 Å². The number of pyridine rings is 1. The van der Waals surface area contributed by atoms with Crippen LogP contribution in [0.4, 0.5) is 15.4 Å². The van der Waals surface area contributed by atoms with Gasteiger partial charge < -0.3 is 19.4 Å². The number of hydrogen-bond acceptors (Lipinski definition) is 6. The van der Waals surface area contributed by atoms with E-state index < -0.39 is 11.8 Å². The minimum Gasteiger partial charge on any atom is -0.428 e. The average molecular weight is 654 g/mol. The molecule has 0 radical (unpaired) electrons. The van der Waals surface area contributed by atoms with Crippen LogP contribution in [0.15, 0.2) is 60.7 Å². The standard InChI is InChI=1S/C39H51N5O4/c1-6-8-19-34-41-32-24-25-35(43(26-9-7-2)37(45)40-30-15-11-10-12-16-30)42-36(32)44(34)27-28-20-22-29(23-21-28)31-17-13-14-18-33(31)47-38(46)48-39(3,4)5/h13-14,17-18,20-25,30H,6-12,15-16,19,26-27H2,1-5H3,(H,40,45). The molecule has 0 bridgehead atoms. The summed E-state index contributed by atoms with van der Waals surface area (Å²) >= 11 is 0. The van der Waals surface area contributed by atoms with E-state index in [9.17, 15) is 9.59 Å². The number of nitrogens with one attached hydrogen (secondary N) is 1. The van der Waals surface area contributed by atoms with Crippen LogP contribution in [0.3, 0.4) is 0 Å². The molecule has 0 saturated heterocycles. The fourth-order valence-corrected chi connectivity index (χ4v) is 6.14. The third-order valence-electron chi connectivity index (χ3n) is 8.68. The lowest BCUT2D eigenvalue weighted by molar-refractivity contribution is 0.0207. The van der Waals surface area contributed by atoms with Gasteiger partial charge in [-0.15, -0.1) is 0 Å². The Morgan fingerprint density at radius 3 is 2.35 bits per heavy atom. The van der Waals surface area contributed by atoms with Gasteiger partial charge >= 0.3 is 12.2 Å². The summed E-state index contributed by atoms with van der Waals surface area (Å²) < 4.78 is 13.2. The lowest BCUT2D eigenvalue weighted by atomic mass is 9.96. The Morgan fingerprint density at radius 2 is 1.65 bits per heavy atom. The van der Waals surface area contributed by atoms with E-state index in [1.807, 2.05) is 68.1 Å². The van der Waals surface area contributed by atoms with E-state index in [1.165, 1.54) is 6.42 Å². The number of aryl methyl sites for hydroxylation is 1. The van der Waals surface area contributed by atoms with Crippen molar-refractivity contribution in [3.8, 4) is 16.9 Å². The number of fused-ring (bicyclic) bond motifs is 1. The number of carbonyl (C=O) groups is 2. The van der Waals surface area contributed by atoms with Gasteiger partial charge in [0.1, 0.15) is 28.5 Å². The summed E-state index contributed by atoms with van der Waals surface area (Å²) in [4.78, 5) is 37.9. The number of amides is 2. The largest absolute Gasteiger partial charge is 0.514 e. The first-order valence-electron chi connectivity index (χ1n) is 17.7. The molecule has 2 aromatic carbocycles. The molecule has 1 N–H and O–H groups in total. The maximum atomic E-state index is 13.6. The van der Waals surface area contributed by atoms with Crippen LogP contribution in [0, 0.1) is 0 Å². The number of ether oxygens (including phenoxy) is 2. The molecule has 1 aliphatic rings. The van der Waals surface area contributed by atoms with E-state index in [0.717, 1.165) is 91.5 Å². The Hall–Kier alpha value is -4.40. The smallest absolute Gasteiger partial charge is 0.428 e. The lowest BCUT2D eigenvalue weighted by Gasteiger charge is -2.28. The number of benzene rings is 2. The number of para-hydroxylation sites is 1. The Labute approximate surface area is 285 Å². The Bertz CT molecular complexity index is 1670. The van der Waals surface area contributed by atoms with Crippen LogP contribution in [0.2, 0.25) is 0 Å². The SMILES string of the molecule is CCCCc1nc2ccc(N(CCCC)C(=O)NC3CCCCC3)nc2n1Cc1ccc(-c2ccccc2OC(=O)OC(C)(C)C)cc1. The fraction of sp³-hybridized carbons (Fsp3) is 0.487. The van der Waals surface area contributed by atoms with Crippen molar-refractivity contribution < 1.29 is 19.1 Å². The Kier molecular flexibility index (Phi) is 11.7. The Morgan fingerprint density at radius 1 is 0.917 bits per heavy atom. The van der Waals surface area contributed by atoms with Crippen LogP contribution >= 0.6 is 0 Å². The van der Waals surface area contributed by atoms with E-state index >= 15 is 0 Å². The zero-order chi connectivity index (χ0) is 34.1. The summed E-state index contributed by atoms with van der Waals surface area (Å²) in [6.45, 7) is 11.0. The van der Waals surface area contributed by atoms with Gasteiger partial charge in [0.2, 0.25) is 0 Å². The minimum absolute atomic E-state index is 0.0639. The van der Waals surface area contributed by atoms with Gasteiger partial charge in [-0.1, -0.05) is 88.4 Å². The van der Waals surface area contributed by atoms with Crippen LogP contribution in [-0.2, 0) is 17.7 Å². The summed E-state index contributed by atoms with van der Waals surface area (Å²) in [6.07, 6.45) is 9.73. The highest BCUT2D eigenvalue weighted by Crippen LogP contribution is 2.31. The summed E-state index contributed by atoms with van der Waals surface area (Å²) in [5.74, 6) is 2.09. The molecule has 2 aromatic heterocycles. The first kappa shape index (κ1) is 34.9. The number of nitrogens with zero attached hydrogens (tertiary/aromatic N) is 4. The molecule has 9 nitrogen and oxygen atoms in total. The predicted octanol–water partition coefficient (Wildman–Crippen LogP) is 9.45. The topological polar surface area (TPSA) is 98.6 Å². The molecule has 1 saturated carbocycles. The van der Waals surface area contributed by atoms with Crippen molar-refractivity contribution in [3.05, 3.63) is 72.1 Å². The molecule has 2 heterocycles. The highest BCUT2D eigenvalue weighted by Gasteiger charge is 2.24. The van der Waals surface area contributed by atoms with E-state index in [1.54, 1.807) is 6.07 Å². The number of aromatic nitrogens is 3. The fourth-order valence-electron chi connectivity index (χ4n) is 6.14. The van der Waals surface area contributed by atoms with Gasteiger partial charge in [0.25, 0.3) is 0 Å². The molecule has 1 aliphatic carbocycles. The number of hydrogen-bond donors (Lipinski definition) is 1. The van der Waals surface area contributed by atoms with Gasteiger partial charge in [-0.3, -0.25) is 4.90 Å². The summed E-state index contributed by atoms with van der Waals surface area (Å²) in [6, 6.07) is 19.8. The zero-order valence-corrected chi connectivity index (χ0v) is 29.3. The minimum atomic E-state index is -0.732. The quantitative estimate of drug-likeness (QED) is 0.121. The molecule has 48 heavy (non-hydrogen) atoms. The molecule has 4 aromatic rings. The van der Waals surface area contributed by atoms with Crippen molar-refractivity contribution in [1.82, 2.24) is 19.9 Å². The van der Waals surface area contributed by atoms with Crippen LogP contribution in [0.25, 0.3) is 22.3 Å². The maximum Gasteiger partial charge on any atom is 0.514 e. The number of urea groups is 1. The number of rotatable bonds is 12. The van der Waals surface area contributed by atoms with Crippen molar-refractivity contribution in [2.24, 2.45) is 0 Å². The number of imidazole rings is 1. The van der Waals surface area contributed by atoms with Crippen molar-refractivity contribution >= 4 is 29.2 Å². The highest BCUT2D eigenvalue weighted by molar-refractivity contribution is 5.92. The molecular formula is C39H51N5O4. The number of anilines is 1. The van der Waals surface area contributed by atoms with Crippen LogP contribution in [0.1, 0.15) is 104 Å². The second kappa shape index (κ2) is 16.1. The van der Waals surface area contributed by atoms with E-state index in [2.05, 4.69) is 35.9 Å². The molecule has 2 amide bonds. The number of carbonyl (C=O) groups excluding carboxylic acids is 2. The van der Waals surface area contributed by atoms with Crippen molar-refractivity contribution in [3.63, 3.8) is 0 Å². The monoisotopic (exact) mass is 653 g/mol. The second-order valence-electron chi connectivity index (χ2n) is 13.8. The normalized spacial score (nSPS) is 13.8. The van der Waals surface area contributed by atoms with Crippen LogP contribution < -0.4 is 15.0 Å². The summed E-state index contributed by atoms with van der Waals surface area (Å²) in [5, 5.41) is 3.29. The third kappa shape index (κ3) is 9.14. The predicted molar refractivity (Wildman–Crippen MR) is 192 cm³/mol. The molecule has 0 unspecified atom stereocenters. The van der Waals surface area contributed by atoms with Gasteiger partial charge in [-0.25, -0.2) is 19.6 Å². The molecule has 0 aliphatic heterocycles. The van der Waals surface area contributed by atoms with E-state index in [0.29, 0.717) is 24.7 Å². The van der Waals surface area contributed by atoms with E-state index in [4.69, 9.17) is 19.4 Å². The molecular weight excluding hydrogens is 602 g/mol. The molecule has 9 heteroatoms. The van der Waals surface area contributed by atoms with Crippen molar-refractivity contribution in [1.29, 1.82) is 0 Å².